The first-order valence-electron chi connectivity index (χ1n) is 6.31. The number of amides is 1. The third kappa shape index (κ3) is 3.81. The Bertz CT molecular complexity index is 534. The van der Waals surface area contributed by atoms with E-state index in [0.717, 1.165) is 12.0 Å². The van der Waals surface area contributed by atoms with Crippen molar-refractivity contribution in [3.8, 4) is 0 Å². The maximum Gasteiger partial charge on any atom is 0.243 e. The summed E-state index contributed by atoms with van der Waals surface area (Å²) in [6, 6.07) is 20.1. The summed E-state index contributed by atoms with van der Waals surface area (Å²) >= 11 is 0. The fourth-order valence-electron chi connectivity index (χ4n) is 2.02. The van der Waals surface area contributed by atoms with Gasteiger partial charge in [-0.3, -0.25) is 4.79 Å². The summed E-state index contributed by atoms with van der Waals surface area (Å²) in [4.78, 5) is 11.6. The fraction of sp³-hybridized carbons (Fsp3) is 0.118. The highest BCUT2D eigenvalue weighted by Gasteiger charge is 2.13. The minimum absolute atomic E-state index is 0.0332. The van der Waals surface area contributed by atoms with Crippen molar-refractivity contribution in [2.75, 3.05) is 0 Å². The van der Waals surface area contributed by atoms with Gasteiger partial charge in [0.25, 0.3) is 0 Å². The lowest BCUT2D eigenvalue weighted by molar-refractivity contribution is -0.117. The second-order valence-corrected chi connectivity index (χ2v) is 4.37. The molecular formula is C17H17NO. The average Bonchev–Trinajstić information content (AvgIpc) is 2.48. The van der Waals surface area contributed by atoms with Gasteiger partial charge in [-0.25, -0.2) is 0 Å². The summed E-state index contributed by atoms with van der Waals surface area (Å²) in [7, 11) is 0. The normalized spacial score (nSPS) is 11.6. The van der Waals surface area contributed by atoms with Crippen LogP contribution in [-0.2, 0) is 11.2 Å². The number of hydrogen-bond donors (Lipinski definition) is 1. The SMILES string of the molecule is C=CC(=O)NC(Cc1ccccc1)c1ccccc1. The Morgan fingerprint density at radius 3 is 2.21 bits per heavy atom. The van der Waals surface area contributed by atoms with Gasteiger partial charge in [-0.1, -0.05) is 67.2 Å². The van der Waals surface area contributed by atoms with Gasteiger partial charge in [0.15, 0.2) is 0 Å². The lowest BCUT2D eigenvalue weighted by Crippen LogP contribution is -2.28. The van der Waals surface area contributed by atoms with Crippen LogP contribution in [0.25, 0.3) is 0 Å². The molecule has 0 aliphatic carbocycles. The van der Waals surface area contributed by atoms with Crippen molar-refractivity contribution < 1.29 is 4.79 Å². The lowest BCUT2D eigenvalue weighted by Gasteiger charge is -2.18. The van der Waals surface area contributed by atoms with Crippen LogP contribution in [0.2, 0.25) is 0 Å². The minimum Gasteiger partial charge on any atom is -0.345 e. The number of nitrogens with one attached hydrogen (secondary N) is 1. The van der Waals surface area contributed by atoms with Gasteiger partial charge in [0.05, 0.1) is 6.04 Å². The number of carbonyl (C=O) groups is 1. The number of rotatable bonds is 5. The van der Waals surface area contributed by atoms with Gasteiger partial charge in [-0.05, 0) is 23.6 Å². The zero-order valence-electron chi connectivity index (χ0n) is 10.8. The van der Waals surface area contributed by atoms with Crippen LogP contribution in [0.4, 0.5) is 0 Å². The topological polar surface area (TPSA) is 29.1 Å². The van der Waals surface area contributed by atoms with Gasteiger partial charge < -0.3 is 5.32 Å². The maximum absolute atomic E-state index is 11.6. The summed E-state index contributed by atoms with van der Waals surface area (Å²) in [6.45, 7) is 3.50. The molecule has 2 aromatic carbocycles. The van der Waals surface area contributed by atoms with Crippen molar-refractivity contribution in [2.45, 2.75) is 12.5 Å². The van der Waals surface area contributed by atoms with Crippen LogP contribution in [0.15, 0.2) is 73.3 Å². The van der Waals surface area contributed by atoms with E-state index in [1.807, 2.05) is 48.5 Å². The molecule has 1 atom stereocenters. The van der Waals surface area contributed by atoms with Gasteiger partial charge >= 0.3 is 0 Å². The van der Waals surface area contributed by atoms with Gasteiger partial charge in [-0.2, -0.15) is 0 Å². The summed E-state index contributed by atoms with van der Waals surface area (Å²) in [5, 5.41) is 2.97. The van der Waals surface area contributed by atoms with Gasteiger partial charge in [0.1, 0.15) is 0 Å². The Morgan fingerprint density at radius 2 is 1.63 bits per heavy atom. The lowest BCUT2D eigenvalue weighted by atomic mass is 9.99. The Hall–Kier alpha value is -2.35. The fourth-order valence-corrected chi connectivity index (χ4v) is 2.02. The van der Waals surface area contributed by atoms with Crippen LogP contribution in [0, 0.1) is 0 Å². The molecule has 2 heteroatoms. The highest BCUT2D eigenvalue weighted by atomic mass is 16.1. The van der Waals surface area contributed by atoms with Crippen molar-refractivity contribution in [3.05, 3.63) is 84.4 Å². The van der Waals surface area contributed by atoms with Crippen LogP contribution < -0.4 is 5.32 Å². The largest absolute Gasteiger partial charge is 0.345 e. The van der Waals surface area contributed by atoms with Gasteiger partial charge in [-0.15, -0.1) is 0 Å². The molecule has 1 N–H and O–H groups in total. The first-order chi connectivity index (χ1) is 9.29. The van der Waals surface area contributed by atoms with Crippen molar-refractivity contribution in [2.24, 2.45) is 0 Å². The summed E-state index contributed by atoms with van der Waals surface area (Å²) < 4.78 is 0. The molecule has 19 heavy (non-hydrogen) atoms. The molecule has 0 fully saturated rings. The van der Waals surface area contributed by atoms with E-state index in [-0.39, 0.29) is 11.9 Å². The average molecular weight is 251 g/mol. The van der Waals surface area contributed by atoms with E-state index in [1.54, 1.807) is 0 Å². The Morgan fingerprint density at radius 1 is 1.05 bits per heavy atom. The predicted molar refractivity (Wildman–Crippen MR) is 77.7 cm³/mol. The molecule has 1 amide bonds. The standard InChI is InChI=1S/C17H17NO/c1-2-17(19)18-16(15-11-7-4-8-12-15)13-14-9-5-3-6-10-14/h2-12,16H,1,13H2,(H,18,19). The van der Waals surface area contributed by atoms with E-state index in [9.17, 15) is 4.79 Å². The first kappa shape index (κ1) is 13.1. The molecule has 0 bridgehead atoms. The quantitative estimate of drug-likeness (QED) is 0.812. The Labute approximate surface area is 113 Å². The molecular weight excluding hydrogens is 234 g/mol. The van der Waals surface area contributed by atoms with E-state index in [1.165, 1.54) is 11.6 Å². The van der Waals surface area contributed by atoms with E-state index in [0.29, 0.717) is 0 Å². The summed E-state index contributed by atoms with van der Waals surface area (Å²) in [6.07, 6.45) is 2.07. The van der Waals surface area contributed by atoms with Crippen LogP contribution in [0.3, 0.4) is 0 Å². The van der Waals surface area contributed by atoms with E-state index >= 15 is 0 Å². The van der Waals surface area contributed by atoms with E-state index < -0.39 is 0 Å². The van der Waals surface area contributed by atoms with Gasteiger partial charge in [0, 0.05) is 0 Å². The molecule has 2 nitrogen and oxygen atoms in total. The zero-order chi connectivity index (χ0) is 13.5. The van der Waals surface area contributed by atoms with Gasteiger partial charge in [0.2, 0.25) is 5.91 Å². The predicted octanol–water partition coefficient (Wildman–Crippen LogP) is 3.27. The highest BCUT2D eigenvalue weighted by Crippen LogP contribution is 2.18. The van der Waals surface area contributed by atoms with E-state index in [4.69, 9.17) is 0 Å². The summed E-state index contributed by atoms with van der Waals surface area (Å²) in [5.74, 6) is -0.148. The molecule has 2 rings (SSSR count). The van der Waals surface area contributed by atoms with Crippen LogP contribution in [0.5, 0.6) is 0 Å². The van der Waals surface area contributed by atoms with Crippen molar-refractivity contribution in [1.82, 2.24) is 5.32 Å². The molecule has 0 aromatic heterocycles. The maximum atomic E-state index is 11.6. The second-order valence-electron chi connectivity index (χ2n) is 4.37. The van der Waals surface area contributed by atoms with Crippen molar-refractivity contribution >= 4 is 5.91 Å². The Kier molecular flexibility index (Phi) is 4.51. The molecule has 0 saturated carbocycles. The molecule has 0 aliphatic rings. The number of hydrogen-bond acceptors (Lipinski definition) is 1. The van der Waals surface area contributed by atoms with Crippen molar-refractivity contribution in [3.63, 3.8) is 0 Å². The third-order valence-electron chi connectivity index (χ3n) is 2.99. The minimum atomic E-state index is -0.148. The van der Waals surface area contributed by atoms with E-state index in [2.05, 4.69) is 24.0 Å². The third-order valence-corrected chi connectivity index (χ3v) is 2.99. The molecule has 0 spiro atoms. The highest BCUT2D eigenvalue weighted by molar-refractivity contribution is 5.87. The molecule has 96 valence electrons. The first-order valence-corrected chi connectivity index (χ1v) is 6.31. The zero-order valence-corrected chi connectivity index (χ0v) is 10.8. The molecule has 2 aromatic rings. The number of benzene rings is 2. The van der Waals surface area contributed by atoms with Crippen LogP contribution in [-0.4, -0.2) is 5.91 Å². The molecule has 0 saturated heterocycles. The molecule has 0 aliphatic heterocycles. The molecule has 1 unspecified atom stereocenters. The van der Waals surface area contributed by atoms with Crippen molar-refractivity contribution in [1.29, 1.82) is 0 Å². The van der Waals surface area contributed by atoms with Crippen LogP contribution >= 0.6 is 0 Å². The molecule has 0 radical (unpaired) electrons. The summed E-state index contributed by atoms with van der Waals surface area (Å²) in [5.41, 5.74) is 2.29. The molecule has 0 heterocycles. The Balaban J connectivity index is 2.19. The smallest absolute Gasteiger partial charge is 0.243 e. The van der Waals surface area contributed by atoms with Crippen LogP contribution in [0.1, 0.15) is 17.2 Å². The monoisotopic (exact) mass is 251 g/mol. The number of carbonyl (C=O) groups excluding carboxylic acids is 1. The second kappa shape index (κ2) is 6.55.